The van der Waals surface area contributed by atoms with E-state index in [2.05, 4.69) is 13.1 Å². The average molecular weight is 514 g/mol. The number of halogens is 1. The van der Waals surface area contributed by atoms with Crippen LogP contribution >= 0.6 is 23.5 Å². The van der Waals surface area contributed by atoms with E-state index in [0.29, 0.717) is 0 Å². The number of nitrogens with one attached hydrogen (secondary N) is 1. The third-order valence-corrected chi connectivity index (χ3v) is 7.90. The summed E-state index contributed by atoms with van der Waals surface area (Å²) in [6.07, 6.45) is -1.85. The molecule has 0 spiro atoms. The second-order valence-electron chi connectivity index (χ2n) is 6.27. The number of hydrogen-bond acceptors (Lipinski definition) is 10. The van der Waals surface area contributed by atoms with Crippen LogP contribution in [0, 0.1) is 0 Å². The summed E-state index contributed by atoms with van der Waals surface area (Å²) in [4.78, 5) is 60.6. The number of aromatic amines is 1. The van der Waals surface area contributed by atoms with E-state index in [0.717, 1.165) is 16.8 Å². The van der Waals surface area contributed by atoms with Crippen molar-refractivity contribution in [2.75, 3.05) is 6.61 Å². The Morgan fingerprint density at radius 3 is 2.35 bits per heavy atom. The maximum absolute atomic E-state index is 14.9. The molecule has 6 N–H and O–H groups in total. The van der Waals surface area contributed by atoms with E-state index < -0.39 is 71.8 Å². The molecule has 5 atom stereocenters. The second-order valence-corrected chi connectivity index (χ2v) is 10.7. The molecule has 2 rings (SSSR count). The van der Waals surface area contributed by atoms with Gasteiger partial charge in [0.05, 0.1) is 13.0 Å². The molecule has 0 bridgehead atoms. The molecular weight excluding hydrogens is 496 g/mol. The Bertz CT molecular complexity index is 1080. The first-order valence-corrected chi connectivity index (χ1v) is 12.6. The van der Waals surface area contributed by atoms with Crippen LogP contribution in [0.1, 0.15) is 26.0 Å². The molecule has 0 amide bonds. The zero-order chi connectivity index (χ0) is 23.9. The number of phosphoric ester groups is 1. The minimum atomic E-state index is -5.81. The molecule has 31 heavy (non-hydrogen) atoms. The number of H-pyrrole nitrogens is 1. The highest BCUT2D eigenvalue weighted by Gasteiger charge is 2.61. The van der Waals surface area contributed by atoms with Gasteiger partial charge in [-0.1, -0.05) is 6.92 Å². The first-order valence-electron chi connectivity index (χ1n) is 8.10. The summed E-state index contributed by atoms with van der Waals surface area (Å²) < 4.78 is 66.3. The summed E-state index contributed by atoms with van der Waals surface area (Å²) in [5.74, 6) is -3.27. The molecule has 2 unspecified atom stereocenters. The van der Waals surface area contributed by atoms with Crippen LogP contribution in [0.3, 0.4) is 0 Å². The zero-order valence-corrected chi connectivity index (χ0v) is 18.1. The Morgan fingerprint density at radius 1 is 1.23 bits per heavy atom. The molecule has 0 aromatic carbocycles. The van der Waals surface area contributed by atoms with E-state index in [1.54, 1.807) is 0 Å². The van der Waals surface area contributed by atoms with Crippen molar-refractivity contribution in [1.82, 2.24) is 9.55 Å². The molecule has 1 aromatic heterocycles. The summed E-state index contributed by atoms with van der Waals surface area (Å²) in [5.41, 5.74) is -4.17. The topological polar surface area (TPSA) is 244 Å². The van der Waals surface area contributed by atoms with Gasteiger partial charge in [0, 0.05) is 12.3 Å². The van der Waals surface area contributed by atoms with E-state index in [1.165, 1.54) is 6.92 Å². The molecular formula is C11H18FN2O14P3. The number of rotatable bonds is 9. The van der Waals surface area contributed by atoms with Gasteiger partial charge < -0.3 is 29.4 Å². The van der Waals surface area contributed by atoms with Crippen molar-refractivity contribution in [1.29, 1.82) is 0 Å². The predicted molar refractivity (Wildman–Crippen MR) is 95.0 cm³/mol. The molecule has 1 aromatic rings. The highest BCUT2D eigenvalue weighted by molar-refractivity contribution is 7.66. The molecule has 0 aliphatic carbocycles. The van der Waals surface area contributed by atoms with Crippen molar-refractivity contribution in [3.8, 4) is 0 Å². The van der Waals surface area contributed by atoms with Crippen LogP contribution in [0.15, 0.2) is 21.9 Å². The second kappa shape index (κ2) is 8.71. The quantitative estimate of drug-likeness (QED) is 0.230. The third kappa shape index (κ3) is 6.48. The van der Waals surface area contributed by atoms with Crippen molar-refractivity contribution in [2.24, 2.45) is 0 Å². The summed E-state index contributed by atoms with van der Waals surface area (Å²) in [6.45, 7) is -0.0162. The van der Waals surface area contributed by atoms with Gasteiger partial charge in [-0.2, -0.15) is 8.62 Å². The van der Waals surface area contributed by atoms with Crippen LogP contribution in [0.25, 0.3) is 0 Å². The predicted octanol–water partition coefficient (Wildman–Crippen LogP) is -0.394. The van der Waals surface area contributed by atoms with Crippen molar-refractivity contribution >= 4 is 23.5 Å². The average Bonchev–Trinajstić information content (AvgIpc) is 2.80. The largest absolute Gasteiger partial charge is 0.490 e. The number of hydrogen-bond donors (Lipinski definition) is 6. The van der Waals surface area contributed by atoms with Crippen molar-refractivity contribution in [3.05, 3.63) is 33.1 Å². The molecule has 1 fully saturated rings. The lowest BCUT2D eigenvalue weighted by Gasteiger charge is -2.34. The fourth-order valence-corrected chi connectivity index (χ4v) is 5.78. The molecule has 1 aliphatic rings. The van der Waals surface area contributed by atoms with E-state index in [4.69, 9.17) is 19.4 Å². The fourth-order valence-electron chi connectivity index (χ4n) is 2.71. The number of ether oxygens (including phenoxy) is 1. The standard InChI is InChI=1S/C11H18FN2O14P3/c1-2-10(6-25-30(21,22)28-31(23,24)27-29(18,19)20)11(12,17)5-8(26-10)14-4-3-7(15)13-9(14)16/h3-4,8,17H,2,5-6H2,1H3,(H,21,22)(H,23,24)(H,13,15,16)(H2,18,19,20)/t8-,10-,11+/m1/s1. The number of phosphoric acid groups is 3. The lowest BCUT2D eigenvalue weighted by Crippen LogP contribution is -2.50. The first kappa shape index (κ1) is 26.2. The van der Waals surface area contributed by atoms with Gasteiger partial charge in [0.25, 0.3) is 5.56 Å². The first-order chi connectivity index (χ1) is 13.9. The molecule has 178 valence electrons. The third-order valence-electron chi connectivity index (χ3n) is 4.11. The minimum absolute atomic E-state index is 0.426. The van der Waals surface area contributed by atoms with Gasteiger partial charge in [-0.25, -0.2) is 22.9 Å². The number of nitrogens with zero attached hydrogens (tertiary/aromatic N) is 1. The molecule has 2 heterocycles. The summed E-state index contributed by atoms with van der Waals surface area (Å²) >= 11 is 0. The van der Waals surface area contributed by atoms with Gasteiger partial charge in [0.1, 0.15) is 6.23 Å². The van der Waals surface area contributed by atoms with Crippen LogP contribution in [-0.4, -0.2) is 52.3 Å². The minimum Gasteiger partial charge on any atom is -0.359 e. The van der Waals surface area contributed by atoms with Crippen LogP contribution < -0.4 is 11.2 Å². The number of aliphatic hydroxyl groups is 1. The molecule has 0 radical (unpaired) electrons. The highest BCUT2D eigenvalue weighted by Crippen LogP contribution is 2.66. The van der Waals surface area contributed by atoms with Crippen LogP contribution in [-0.2, 0) is 31.6 Å². The van der Waals surface area contributed by atoms with E-state index in [-0.39, 0.29) is 0 Å². The van der Waals surface area contributed by atoms with E-state index in [9.17, 15) is 37.7 Å². The lowest BCUT2D eigenvalue weighted by atomic mass is 9.92. The Balaban J connectivity index is 2.22. The number of alkyl halides is 1. The Hall–Kier alpha value is -1.06. The summed E-state index contributed by atoms with van der Waals surface area (Å²) in [7, 11) is -17.0. The van der Waals surface area contributed by atoms with E-state index in [1.807, 2.05) is 4.98 Å². The van der Waals surface area contributed by atoms with Crippen molar-refractivity contribution in [2.45, 2.75) is 37.4 Å². The maximum Gasteiger partial charge on any atom is 0.490 e. The van der Waals surface area contributed by atoms with Crippen molar-refractivity contribution in [3.63, 3.8) is 0 Å². The molecule has 16 nitrogen and oxygen atoms in total. The van der Waals surface area contributed by atoms with Gasteiger partial charge in [-0.05, 0) is 6.42 Å². The molecule has 1 aliphatic heterocycles. The molecule has 20 heteroatoms. The lowest BCUT2D eigenvalue weighted by molar-refractivity contribution is -0.217. The van der Waals surface area contributed by atoms with Gasteiger partial charge >= 0.3 is 29.2 Å². The zero-order valence-electron chi connectivity index (χ0n) is 15.4. The van der Waals surface area contributed by atoms with Gasteiger partial charge in [-0.3, -0.25) is 18.9 Å². The fraction of sp³-hybridized carbons (Fsp3) is 0.636. The van der Waals surface area contributed by atoms with E-state index >= 15 is 0 Å². The Labute approximate surface area is 171 Å². The molecule has 0 saturated carbocycles. The molecule has 1 saturated heterocycles. The summed E-state index contributed by atoms with van der Waals surface area (Å²) in [6, 6.07) is 0.917. The van der Waals surface area contributed by atoms with Gasteiger partial charge in [0.2, 0.25) is 5.85 Å². The monoisotopic (exact) mass is 514 g/mol. The van der Waals surface area contributed by atoms with Crippen LogP contribution in [0.5, 0.6) is 0 Å². The Morgan fingerprint density at radius 2 is 1.84 bits per heavy atom. The normalized spacial score (nSPS) is 30.6. The van der Waals surface area contributed by atoms with Crippen LogP contribution in [0.4, 0.5) is 4.39 Å². The maximum atomic E-state index is 14.9. The van der Waals surface area contributed by atoms with Gasteiger partial charge in [-0.15, -0.1) is 0 Å². The number of aromatic nitrogens is 2. The SMILES string of the molecule is CC[C@]1(COP(=O)(O)OP(=O)(O)OP(=O)(O)O)O[C@@H](n2ccc(=O)[nH]c2=O)C[C@@]1(O)F. The van der Waals surface area contributed by atoms with Gasteiger partial charge in [0.15, 0.2) is 5.60 Å². The Kier molecular flexibility index (Phi) is 7.36. The van der Waals surface area contributed by atoms with Crippen molar-refractivity contribution < 1.29 is 60.6 Å². The smallest absolute Gasteiger partial charge is 0.359 e. The summed E-state index contributed by atoms with van der Waals surface area (Å²) in [5, 5.41) is 10.2. The highest BCUT2D eigenvalue weighted by atomic mass is 31.3. The van der Waals surface area contributed by atoms with Crippen LogP contribution in [0.2, 0.25) is 0 Å².